The average Bonchev–Trinajstić information content (AvgIpc) is 2.68. The average molecular weight is 208 g/mol. The van der Waals surface area contributed by atoms with Crippen LogP contribution in [0.15, 0.2) is 18.6 Å². The van der Waals surface area contributed by atoms with Gasteiger partial charge in [-0.2, -0.15) is 0 Å². The lowest BCUT2D eigenvalue weighted by molar-refractivity contribution is -0.0137. The third-order valence-corrected chi connectivity index (χ3v) is 2.91. The van der Waals surface area contributed by atoms with Crippen LogP contribution in [0.4, 0.5) is 0 Å². The fraction of sp³-hybridized carbons (Fsp3) is 0.600. The topological polar surface area (TPSA) is 73.1 Å². The van der Waals surface area contributed by atoms with Crippen LogP contribution in [-0.4, -0.2) is 22.2 Å². The Balaban J connectivity index is 2.24. The highest BCUT2D eigenvalue weighted by Gasteiger charge is 2.39. The van der Waals surface area contributed by atoms with Gasteiger partial charge in [0, 0.05) is 19.0 Å². The summed E-state index contributed by atoms with van der Waals surface area (Å²) >= 11 is 0. The summed E-state index contributed by atoms with van der Waals surface area (Å²) in [7, 11) is 0. The lowest BCUT2D eigenvalue weighted by Gasteiger charge is -2.31. The van der Waals surface area contributed by atoms with Crippen molar-refractivity contribution in [3.8, 4) is 0 Å². The Morgan fingerprint density at radius 3 is 3.00 bits per heavy atom. The van der Waals surface area contributed by atoms with E-state index in [4.69, 9.17) is 10.6 Å². The van der Waals surface area contributed by atoms with E-state index in [2.05, 4.69) is 22.3 Å². The van der Waals surface area contributed by atoms with E-state index >= 15 is 0 Å². The molecule has 1 saturated heterocycles. The van der Waals surface area contributed by atoms with E-state index in [0.717, 1.165) is 25.1 Å². The normalized spacial score (nSPS) is 27.9. The van der Waals surface area contributed by atoms with Gasteiger partial charge in [-0.3, -0.25) is 15.8 Å². The molecule has 0 bridgehead atoms. The molecule has 5 heteroatoms. The summed E-state index contributed by atoms with van der Waals surface area (Å²) in [6, 6.07) is -0.103. The first-order valence-electron chi connectivity index (χ1n) is 5.12. The number of nitrogens with one attached hydrogen (secondary N) is 1. The van der Waals surface area contributed by atoms with Crippen molar-refractivity contribution < 1.29 is 4.74 Å². The standard InChI is InChI=1S/C10H16N4O/c1-10(3-2-6-15-10)9(14-11)8-7-12-4-5-13-8/h4-5,7,9,14H,2-3,6,11H2,1H3. The van der Waals surface area contributed by atoms with Gasteiger partial charge in [-0.25, -0.2) is 5.43 Å². The molecule has 1 aliphatic heterocycles. The third kappa shape index (κ3) is 1.99. The van der Waals surface area contributed by atoms with Crippen LogP contribution in [0.2, 0.25) is 0 Å². The van der Waals surface area contributed by atoms with E-state index in [0.29, 0.717) is 0 Å². The summed E-state index contributed by atoms with van der Waals surface area (Å²) < 4.78 is 5.74. The van der Waals surface area contributed by atoms with E-state index < -0.39 is 0 Å². The second kappa shape index (κ2) is 4.22. The highest BCUT2D eigenvalue weighted by Crippen LogP contribution is 2.35. The molecular formula is C10H16N4O. The number of aromatic nitrogens is 2. The zero-order chi connectivity index (χ0) is 10.7. The second-order valence-corrected chi connectivity index (χ2v) is 3.99. The molecule has 15 heavy (non-hydrogen) atoms. The van der Waals surface area contributed by atoms with E-state index in [1.54, 1.807) is 18.6 Å². The van der Waals surface area contributed by atoms with Gasteiger partial charge in [-0.15, -0.1) is 0 Å². The first kappa shape index (κ1) is 10.5. The molecule has 1 fully saturated rings. The lowest BCUT2D eigenvalue weighted by atomic mass is 9.91. The summed E-state index contributed by atoms with van der Waals surface area (Å²) in [5.41, 5.74) is 3.32. The summed E-state index contributed by atoms with van der Waals surface area (Å²) in [5.74, 6) is 5.57. The molecule has 2 atom stereocenters. The van der Waals surface area contributed by atoms with Crippen LogP contribution in [-0.2, 0) is 4.74 Å². The minimum atomic E-state index is -0.273. The number of hydrazine groups is 1. The maximum absolute atomic E-state index is 5.74. The second-order valence-electron chi connectivity index (χ2n) is 3.99. The van der Waals surface area contributed by atoms with Gasteiger partial charge in [0.15, 0.2) is 0 Å². The molecule has 1 aromatic rings. The maximum atomic E-state index is 5.74. The first-order valence-corrected chi connectivity index (χ1v) is 5.12. The Labute approximate surface area is 89.0 Å². The van der Waals surface area contributed by atoms with Gasteiger partial charge in [0.1, 0.15) is 0 Å². The summed E-state index contributed by atoms with van der Waals surface area (Å²) in [6.45, 7) is 2.84. The zero-order valence-electron chi connectivity index (χ0n) is 8.81. The van der Waals surface area contributed by atoms with E-state index in [9.17, 15) is 0 Å². The SMILES string of the molecule is CC1(C(NN)c2cnccn2)CCCO1. The summed E-state index contributed by atoms with van der Waals surface area (Å²) in [5, 5.41) is 0. The number of nitrogens with two attached hydrogens (primary N) is 1. The molecule has 2 rings (SSSR count). The molecule has 0 radical (unpaired) electrons. The van der Waals surface area contributed by atoms with Crippen LogP contribution in [0.5, 0.6) is 0 Å². The smallest absolute Gasteiger partial charge is 0.0934 e. The van der Waals surface area contributed by atoms with E-state index in [1.165, 1.54) is 0 Å². The number of hydrogen-bond acceptors (Lipinski definition) is 5. The van der Waals surface area contributed by atoms with Crippen LogP contribution < -0.4 is 11.3 Å². The van der Waals surface area contributed by atoms with E-state index in [-0.39, 0.29) is 11.6 Å². The minimum absolute atomic E-state index is 0.103. The van der Waals surface area contributed by atoms with Crippen molar-refractivity contribution in [3.63, 3.8) is 0 Å². The molecular weight excluding hydrogens is 192 g/mol. The molecule has 0 aromatic carbocycles. The quantitative estimate of drug-likeness (QED) is 0.560. The Morgan fingerprint density at radius 2 is 2.47 bits per heavy atom. The van der Waals surface area contributed by atoms with E-state index in [1.807, 2.05) is 0 Å². The third-order valence-electron chi connectivity index (χ3n) is 2.91. The molecule has 3 N–H and O–H groups in total. The van der Waals surface area contributed by atoms with Crippen molar-refractivity contribution in [2.75, 3.05) is 6.61 Å². The number of hydrogen-bond donors (Lipinski definition) is 2. The first-order chi connectivity index (χ1) is 7.26. The zero-order valence-corrected chi connectivity index (χ0v) is 8.81. The molecule has 2 unspecified atom stereocenters. The minimum Gasteiger partial charge on any atom is -0.373 e. The number of nitrogens with zero attached hydrogens (tertiary/aromatic N) is 2. The Bertz CT molecular complexity index is 310. The van der Waals surface area contributed by atoms with Crippen LogP contribution in [0, 0.1) is 0 Å². The monoisotopic (exact) mass is 208 g/mol. The number of rotatable bonds is 3. The maximum Gasteiger partial charge on any atom is 0.0934 e. The Kier molecular flexibility index (Phi) is 2.95. The highest BCUT2D eigenvalue weighted by atomic mass is 16.5. The fourth-order valence-electron chi connectivity index (χ4n) is 2.06. The van der Waals surface area contributed by atoms with Crippen molar-refractivity contribution >= 4 is 0 Å². The van der Waals surface area contributed by atoms with Crippen LogP contribution in [0.25, 0.3) is 0 Å². The Morgan fingerprint density at radius 1 is 1.60 bits per heavy atom. The molecule has 2 heterocycles. The molecule has 82 valence electrons. The molecule has 0 amide bonds. The fourth-order valence-corrected chi connectivity index (χ4v) is 2.06. The Hall–Kier alpha value is -1.04. The molecule has 1 aromatic heterocycles. The predicted octanol–water partition coefficient (Wildman–Crippen LogP) is 0.550. The lowest BCUT2D eigenvalue weighted by Crippen LogP contribution is -2.44. The van der Waals surface area contributed by atoms with Crippen molar-refractivity contribution in [3.05, 3.63) is 24.3 Å². The van der Waals surface area contributed by atoms with Gasteiger partial charge in [0.2, 0.25) is 0 Å². The molecule has 5 nitrogen and oxygen atoms in total. The van der Waals surface area contributed by atoms with Gasteiger partial charge >= 0.3 is 0 Å². The van der Waals surface area contributed by atoms with Crippen LogP contribution in [0.1, 0.15) is 31.5 Å². The van der Waals surface area contributed by atoms with Gasteiger partial charge in [-0.1, -0.05) is 0 Å². The molecule has 1 aliphatic rings. The molecule has 0 spiro atoms. The summed E-state index contributed by atoms with van der Waals surface area (Å²) in [4.78, 5) is 8.30. The van der Waals surface area contributed by atoms with Crippen LogP contribution in [0.3, 0.4) is 0 Å². The molecule has 0 saturated carbocycles. The van der Waals surface area contributed by atoms with Crippen molar-refractivity contribution in [1.29, 1.82) is 0 Å². The highest BCUT2D eigenvalue weighted by molar-refractivity contribution is 5.09. The predicted molar refractivity (Wildman–Crippen MR) is 55.7 cm³/mol. The van der Waals surface area contributed by atoms with Gasteiger partial charge in [0.05, 0.1) is 23.5 Å². The van der Waals surface area contributed by atoms with Gasteiger partial charge < -0.3 is 4.74 Å². The van der Waals surface area contributed by atoms with Crippen molar-refractivity contribution in [2.45, 2.75) is 31.4 Å². The summed E-state index contributed by atoms with van der Waals surface area (Å²) in [6.07, 6.45) is 7.08. The largest absolute Gasteiger partial charge is 0.373 e. The van der Waals surface area contributed by atoms with Crippen molar-refractivity contribution in [2.24, 2.45) is 5.84 Å². The number of ether oxygens (including phenoxy) is 1. The van der Waals surface area contributed by atoms with Gasteiger partial charge in [-0.05, 0) is 19.8 Å². The van der Waals surface area contributed by atoms with Crippen molar-refractivity contribution in [1.82, 2.24) is 15.4 Å². The van der Waals surface area contributed by atoms with Crippen LogP contribution >= 0.6 is 0 Å². The van der Waals surface area contributed by atoms with Gasteiger partial charge in [0.25, 0.3) is 0 Å². The molecule has 0 aliphatic carbocycles.